The minimum absolute atomic E-state index is 0.00248. The molecule has 2 aliphatic rings. The van der Waals surface area contributed by atoms with Crippen LogP contribution >= 0.6 is 11.3 Å². The van der Waals surface area contributed by atoms with Crippen LogP contribution in [-0.4, -0.2) is 0 Å². The Bertz CT molecular complexity index is 2360. The third-order valence-corrected chi connectivity index (χ3v) is 12.0. The standard InChI is InChI=1S/C42H34S/c1-41(2)35-19-17-26(25-18-20-40-34(21-25)31-15-9-10-16-39(31)43-40)22-36(35)42(3,4)38-24-33-30-14-8-6-12-28(30)27-11-5-7-13-29(27)32(33)23-37(38)41/h5-24,35-36H,1-4H3. The van der Waals surface area contributed by atoms with E-state index < -0.39 is 0 Å². The van der Waals surface area contributed by atoms with Gasteiger partial charge >= 0.3 is 0 Å². The molecule has 43 heavy (non-hydrogen) atoms. The second kappa shape index (κ2) is 8.68. The molecule has 0 fully saturated rings. The SMILES string of the molecule is CC1(C)c2cc3c4ccccc4c4ccccc4c3cc2C(C)(C)C2C=C(c3ccc4sc5ccccc5c4c3)C=CC21. The van der Waals surface area contributed by atoms with Gasteiger partial charge in [0.25, 0.3) is 0 Å². The summed E-state index contributed by atoms with van der Waals surface area (Å²) in [7, 11) is 0. The molecule has 1 aromatic heterocycles. The molecule has 0 amide bonds. The lowest BCUT2D eigenvalue weighted by Crippen LogP contribution is -2.48. The summed E-state index contributed by atoms with van der Waals surface area (Å²) in [5.41, 5.74) is 5.65. The van der Waals surface area contributed by atoms with E-state index >= 15 is 0 Å². The second-order valence-electron chi connectivity index (χ2n) is 13.8. The van der Waals surface area contributed by atoms with Crippen molar-refractivity contribution in [1.82, 2.24) is 0 Å². The molecular formula is C42H34S. The molecule has 0 nitrogen and oxygen atoms in total. The molecule has 0 saturated heterocycles. The van der Waals surface area contributed by atoms with Crippen molar-refractivity contribution in [2.45, 2.75) is 38.5 Å². The van der Waals surface area contributed by atoms with Gasteiger partial charge in [0.15, 0.2) is 0 Å². The largest absolute Gasteiger partial charge is 0.135 e. The summed E-state index contributed by atoms with van der Waals surface area (Å²) in [5.74, 6) is 0.822. The number of benzene rings is 6. The Morgan fingerprint density at radius 3 is 1.63 bits per heavy atom. The Morgan fingerprint density at radius 2 is 1.00 bits per heavy atom. The number of allylic oxidation sites excluding steroid dienone is 4. The summed E-state index contributed by atoms with van der Waals surface area (Å²) in [6.45, 7) is 9.91. The molecule has 0 N–H and O–H groups in total. The minimum Gasteiger partial charge on any atom is -0.135 e. The summed E-state index contributed by atoms with van der Waals surface area (Å²) in [5, 5.41) is 10.9. The van der Waals surface area contributed by atoms with E-state index in [9.17, 15) is 0 Å². The Morgan fingerprint density at radius 1 is 0.488 bits per heavy atom. The molecule has 2 unspecified atom stereocenters. The van der Waals surface area contributed by atoms with Crippen molar-refractivity contribution in [3.05, 3.63) is 138 Å². The Kier molecular flexibility index (Phi) is 5.11. The second-order valence-corrected chi connectivity index (χ2v) is 14.9. The lowest BCUT2D eigenvalue weighted by Gasteiger charge is -2.53. The van der Waals surface area contributed by atoms with E-state index in [1.54, 1.807) is 0 Å². The molecule has 0 bridgehead atoms. The molecule has 0 radical (unpaired) electrons. The van der Waals surface area contributed by atoms with Crippen molar-refractivity contribution in [2.24, 2.45) is 11.8 Å². The fourth-order valence-corrected chi connectivity index (χ4v) is 9.59. The van der Waals surface area contributed by atoms with Crippen LogP contribution in [0.4, 0.5) is 0 Å². The van der Waals surface area contributed by atoms with Crippen LogP contribution in [0, 0.1) is 11.8 Å². The molecule has 2 aliphatic carbocycles. The first kappa shape index (κ1) is 25.3. The van der Waals surface area contributed by atoms with Gasteiger partial charge in [0, 0.05) is 20.2 Å². The van der Waals surface area contributed by atoms with Crippen LogP contribution in [0.25, 0.3) is 58.1 Å². The van der Waals surface area contributed by atoms with Gasteiger partial charge in [0.1, 0.15) is 0 Å². The molecule has 0 spiro atoms. The molecular weight excluding hydrogens is 537 g/mol. The van der Waals surface area contributed by atoms with E-state index in [4.69, 9.17) is 0 Å². The van der Waals surface area contributed by atoms with Crippen LogP contribution in [0.5, 0.6) is 0 Å². The van der Waals surface area contributed by atoms with Gasteiger partial charge in [-0.05, 0) is 108 Å². The number of rotatable bonds is 1. The highest BCUT2D eigenvalue weighted by molar-refractivity contribution is 7.25. The topological polar surface area (TPSA) is 0 Å². The van der Waals surface area contributed by atoms with Gasteiger partial charge in [-0.2, -0.15) is 0 Å². The number of hydrogen-bond acceptors (Lipinski definition) is 1. The van der Waals surface area contributed by atoms with Gasteiger partial charge in [0.2, 0.25) is 0 Å². The van der Waals surface area contributed by atoms with Crippen LogP contribution in [-0.2, 0) is 10.8 Å². The molecule has 6 aromatic carbocycles. The van der Waals surface area contributed by atoms with Crippen molar-refractivity contribution in [3.63, 3.8) is 0 Å². The van der Waals surface area contributed by atoms with Crippen LogP contribution in [0.3, 0.4) is 0 Å². The molecule has 1 heteroatoms. The maximum Gasteiger partial charge on any atom is 0.0355 e. The zero-order valence-electron chi connectivity index (χ0n) is 25.1. The van der Waals surface area contributed by atoms with E-state index in [1.165, 1.54) is 74.8 Å². The fourth-order valence-electron chi connectivity index (χ4n) is 8.50. The number of fused-ring (bicyclic) bond motifs is 11. The Balaban J connectivity index is 1.26. The quantitative estimate of drug-likeness (QED) is 0.172. The first-order chi connectivity index (χ1) is 20.8. The highest BCUT2D eigenvalue weighted by Gasteiger charge is 2.50. The lowest BCUT2D eigenvalue weighted by molar-refractivity contribution is 0.191. The zero-order valence-corrected chi connectivity index (χ0v) is 25.9. The highest BCUT2D eigenvalue weighted by atomic mass is 32.1. The molecule has 208 valence electrons. The third-order valence-electron chi connectivity index (χ3n) is 10.9. The molecule has 2 atom stereocenters. The maximum atomic E-state index is 2.60. The summed E-state index contributed by atoms with van der Waals surface area (Å²) in [4.78, 5) is 0. The van der Waals surface area contributed by atoms with Crippen LogP contribution in [0.2, 0.25) is 0 Å². The van der Waals surface area contributed by atoms with E-state index in [-0.39, 0.29) is 10.8 Å². The fraction of sp³-hybridized carbons (Fsp3) is 0.190. The summed E-state index contributed by atoms with van der Waals surface area (Å²) < 4.78 is 2.73. The first-order valence-electron chi connectivity index (χ1n) is 15.5. The highest BCUT2D eigenvalue weighted by Crippen LogP contribution is 2.57. The van der Waals surface area contributed by atoms with Gasteiger partial charge in [-0.3, -0.25) is 0 Å². The molecule has 1 heterocycles. The smallest absolute Gasteiger partial charge is 0.0355 e. The summed E-state index contributed by atoms with van der Waals surface area (Å²) in [6, 6.07) is 38.9. The molecule has 0 saturated carbocycles. The average Bonchev–Trinajstić information content (AvgIpc) is 3.41. The van der Waals surface area contributed by atoms with Gasteiger partial charge < -0.3 is 0 Å². The minimum atomic E-state index is -0.0222. The van der Waals surface area contributed by atoms with Crippen molar-refractivity contribution in [3.8, 4) is 0 Å². The molecule has 0 aliphatic heterocycles. The normalized spacial score (nSPS) is 20.5. The van der Waals surface area contributed by atoms with Gasteiger partial charge in [-0.1, -0.05) is 119 Å². The molecule has 7 aromatic rings. The van der Waals surface area contributed by atoms with Crippen molar-refractivity contribution in [1.29, 1.82) is 0 Å². The maximum absolute atomic E-state index is 2.60. The van der Waals surface area contributed by atoms with Crippen molar-refractivity contribution < 1.29 is 0 Å². The Hall–Kier alpha value is -4.20. The Labute approximate surface area is 257 Å². The van der Waals surface area contributed by atoms with E-state index in [1.807, 2.05) is 11.3 Å². The number of thiophene rings is 1. The first-order valence-corrected chi connectivity index (χ1v) is 16.3. The summed E-state index contributed by atoms with van der Waals surface area (Å²) in [6.07, 6.45) is 7.54. The average molecular weight is 571 g/mol. The van der Waals surface area contributed by atoms with Gasteiger partial charge in [0.05, 0.1) is 0 Å². The van der Waals surface area contributed by atoms with Crippen molar-refractivity contribution in [2.75, 3.05) is 0 Å². The predicted octanol–water partition coefficient (Wildman–Crippen LogP) is 12.0. The predicted molar refractivity (Wildman–Crippen MR) is 188 cm³/mol. The summed E-state index contributed by atoms with van der Waals surface area (Å²) >= 11 is 1.89. The monoisotopic (exact) mass is 570 g/mol. The van der Waals surface area contributed by atoms with E-state index in [2.05, 4.69) is 149 Å². The third kappa shape index (κ3) is 3.43. The van der Waals surface area contributed by atoms with E-state index in [0.717, 1.165) is 0 Å². The molecule has 9 rings (SSSR count). The zero-order chi connectivity index (χ0) is 29.1. The van der Waals surface area contributed by atoms with Crippen LogP contribution in [0.1, 0.15) is 44.4 Å². The van der Waals surface area contributed by atoms with Crippen LogP contribution in [0.15, 0.2) is 121 Å². The van der Waals surface area contributed by atoms with Gasteiger partial charge in [-0.15, -0.1) is 11.3 Å². The van der Waals surface area contributed by atoms with Crippen LogP contribution < -0.4 is 0 Å². The number of hydrogen-bond donors (Lipinski definition) is 0. The van der Waals surface area contributed by atoms with E-state index in [0.29, 0.717) is 11.8 Å². The lowest BCUT2D eigenvalue weighted by atomic mass is 9.51. The van der Waals surface area contributed by atoms with Crippen molar-refractivity contribution >= 4 is 69.4 Å². The van der Waals surface area contributed by atoms with Gasteiger partial charge in [-0.25, -0.2) is 0 Å².